The van der Waals surface area contributed by atoms with Crippen LogP contribution in [0.15, 0.2) is 48.6 Å². The molecule has 0 heterocycles. The van der Waals surface area contributed by atoms with Crippen LogP contribution in [0.2, 0.25) is 0 Å². The minimum absolute atomic E-state index is 0.000222. The Morgan fingerprint density at radius 3 is 1.17 bits per heavy atom. The summed E-state index contributed by atoms with van der Waals surface area (Å²) >= 11 is 0. The molecule has 0 aliphatic carbocycles. The normalized spacial score (nSPS) is 14.2. The van der Waals surface area contributed by atoms with Gasteiger partial charge in [0.15, 0.2) is 0 Å². The number of aliphatic hydroxyl groups excluding tert-OH is 1. The Labute approximate surface area is 448 Å². The molecule has 0 rings (SSSR count). The molecule has 0 aromatic carbocycles. The summed E-state index contributed by atoms with van der Waals surface area (Å²) in [5.74, 6) is -0.195. The van der Waals surface area contributed by atoms with Crippen molar-refractivity contribution in [3.63, 3.8) is 0 Å². The number of rotatable bonds is 57. The number of allylic oxidation sites excluding steroid dienone is 7. The first-order valence-corrected chi connectivity index (χ1v) is 32.5. The van der Waals surface area contributed by atoms with Crippen LogP contribution in [0, 0.1) is 0 Å². The number of carbonyl (C=O) groups is 1. The van der Waals surface area contributed by atoms with Crippen LogP contribution in [0.25, 0.3) is 0 Å². The highest BCUT2D eigenvalue weighted by molar-refractivity contribution is 7.45. The molecular formula is C63H121N2O6P. The lowest BCUT2D eigenvalue weighted by atomic mass is 10.0. The van der Waals surface area contributed by atoms with Gasteiger partial charge in [0.25, 0.3) is 7.82 Å². The molecule has 8 nitrogen and oxygen atoms in total. The summed E-state index contributed by atoms with van der Waals surface area (Å²) in [6, 6.07) is -0.883. The highest BCUT2D eigenvalue weighted by atomic mass is 31.2. The molecule has 9 heteroatoms. The van der Waals surface area contributed by atoms with Crippen molar-refractivity contribution >= 4 is 13.7 Å². The van der Waals surface area contributed by atoms with Crippen LogP contribution in [0.1, 0.15) is 296 Å². The minimum atomic E-state index is -4.59. The predicted octanol–water partition coefficient (Wildman–Crippen LogP) is 18.5. The van der Waals surface area contributed by atoms with Crippen molar-refractivity contribution in [3.05, 3.63) is 48.6 Å². The number of nitrogens with zero attached hydrogens (tertiary/aromatic N) is 1. The van der Waals surface area contributed by atoms with Gasteiger partial charge in [-0.3, -0.25) is 9.36 Å². The molecule has 0 fully saturated rings. The van der Waals surface area contributed by atoms with Crippen molar-refractivity contribution in [1.29, 1.82) is 0 Å². The Bertz CT molecular complexity index is 1310. The Hall–Kier alpha value is -1.54. The fraction of sp³-hybridized carbons (Fsp3) is 0.857. The molecule has 0 saturated carbocycles. The molecule has 0 aliphatic rings. The summed E-state index contributed by atoms with van der Waals surface area (Å²) in [7, 11) is 1.27. The molecule has 424 valence electrons. The summed E-state index contributed by atoms with van der Waals surface area (Å²) in [5.41, 5.74) is 0. The third kappa shape index (κ3) is 56.2. The fourth-order valence-corrected chi connectivity index (χ4v) is 9.89. The largest absolute Gasteiger partial charge is 0.756 e. The third-order valence-electron chi connectivity index (χ3n) is 14.0. The molecule has 0 radical (unpaired) electrons. The first-order chi connectivity index (χ1) is 35.0. The SMILES string of the molecule is CCCCCCC/C=C\C/C=C\C/C=C\CCCCCCCCCCCCCCCCCCCCCCCCCCC(=O)NC(COP(=O)([O-])OCC[N+](C)(C)C)C(O)/C=C/CCCCCCCCCCC. The summed E-state index contributed by atoms with van der Waals surface area (Å²) in [6.07, 6.45) is 72.3. The molecule has 3 atom stereocenters. The third-order valence-corrected chi connectivity index (χ3v) is 15.0. The van der Waals surface area contributed by atoms with E-state index in [0.29, 0.717) is 17.4 Å². The summed E-state index contributed by atoms with van der Waals surface area (Å²) < 4.78 is 23.3. The molecule has 3 unspecified atom stereocenters. The summed E-state index contributed by atoms with van der Waals surface area (Å²) in [6.45, 7) is 4.64. The van der Waals surface area contributed by atoms with E-state index in [4.69, 9.17) is 9.05 Å². The van der Waals surface area contributed by atoms with Gasteiger partial charge in [0.1, 0.15) is 13.2 Å². The van der Waals surface area contributed by atoms with Crippen LogP contribution in [-0.4, -0.2) is 68.5 Å². The molecule has 0 spiro atoms. The van der Waals surface area contributed by atoms with Gasteiger partial charge in [-0.05, 0) is 57.8 Å². The lowest BCUT2D eigenvalue weighted by molar-refractivity contribution is -0.870. The molecule has 0 saturated heterocycles. The maximum absolute atomic E-state index is 12.9. The van der Waals surface area contributed by atoms with Crippen LogP contribution < -0.4 is 10.2 Å². The smallest absolute Gasteiger partial charge is 0.268 e. The Morgan fingerprint density at radius 2 is 0.806 bits per heavy atom. The van der Waals surface area contributed by atoms with E-state index < -0.39 is 20.0 Å². The van der Waals surface area contributed by atoms with Crippen molar-refractivity contribution in [3.8, 4) is 0 Å². The number of nitrogens with one attached hydrogen (secondary N) is 1. The van der Waals surface area contributed by atoms with E-state index in [0.717, 1.165) is 51.4 Å². The van der Waals surface area contributed by atoms with Gasteiger partial charge < -0.3 is 28.8 Å². The van der Waals surface area contributed by atoms with Gasteiger partial charge in [-0.15, -0.1) is 0 Å². The Balaban J connectivity index is 3.85. The van der Waals surface area contributed by atoms with Gasteiger partial charge in [0.05, 0.1) is 39.9 Å². The maximum Gasteiger partial charge on any atom is 0.268 e. The number of amides is 1. The molecule has 0 aromatic rings. The zero-order chi connectivity index (χ0) is 52.7. The van der Waals surface area contributed by atoms with E-state index in [2.05, 4.69) is 55.6 Å². The predicted molar refractivity (Wildman–Crippen MR) is 311 cm³/mol. The van der Waals surface area contributed by atoms with Gasteiger partial charge in [0, 0.05) is 6.42 Å². The van der Waals surface area contributed by atoms with Crippen molar-refractivity contribution in [1.82, 2.24) is 5.32 Å². The zero-order valence-corrected chi connectivity index (χ0v) is 49.3. The molecule has 0 bridgehead atoms. The average molecular weight is 1030 g/mol. The quantitative estimate of drug-likeness (QED) is 0.0272. The number of phosphoric ester groups is 1. The number of likely N-dealkylation sites (N-methyl/N-ethyl adjacent to an activating group) is 1. The van der Waals surface area contributed by atoms with Crippen LogP contribution >= 0.6 is 7.82 Å². The number of aliphatic hydroxyl groups is 1. The summed E-state index contributed by atoms with van der Waals surface area (Å²) in [4.78, 5) is 25.4. The van der Waals surface area contributed by atoms with Crippen LogP contribution in [0.4, 0.5) is 0 Å². The molecule has 72 heavy (non-hydrogen) atoms. The zero-order valence-electron chi connectivity index (χ0n) is 48.4. The molecule has 0 aromatic heterocycles. The number of carbonyl (C=O) groups excluding carboxylic acids is 1. The molecular weight excluding hydrogens is 912 g/mol. The lowest BCUT2D eigenvalue weighted by Crippen LogP contribution is -2.45. The van der Waals surface area contributed by atoms with Gasteiger partial charge in [0.2, 0.25) is 5.91 Å². The molecule has 1 amide bonds. The highest BCUT2D eigenvalue weighted by Gasteiger charge is 2.23. The topological polar surface area (TPSA) is 108 Å². The summed E-state index contributed by atoms with van der Waals surface area (Å²) in [5, 5.41) is 13.8. The lowest BCUT2D eigenvalue weighted by Gasteiger charge is -2.29. The van der Waals surface area contributed by atoms with Gasteiger partial charge in [-0.2, -0.15) is 0 Å². The van der Waals surface area contributed by atoms with E-state index in [9.17, 15) is 19.4 Å². The molecule has 0 aliphatic heterocycles. The maximum atomic E-state index is 12.9. The second-order valence-corrected chi connectivity index (χ2v) is 23.8. The Morgan fingerprint density at radius 1 is 0.486 bits per heavy atom. The number of phosphoric acid groups is 1. The van der Waals surface area contributed by atoms with E-state index in [-0.39, 0.29) is 19.1 Å². The van der Waals surface area contributed by atoms with Crippen molar-refractivity contribution in [2.45, 2.75) is 309 Å². The van der Waals surface area contributed by atoms with Crippen molar-refractivity contribution in [2.24, 2.45) is 0 Å². The number of unbranched alkanes of at least 4 members (excludes halogenated alkanes) is 38. The highest BCUT2D eigenvalue weighted by Crippen LogP contribution is 2.38. The average Bonchev–Trinajstić information content (AvgIpc) is 3.34. The van der Waals surface area contributed by atoms with Crippen molar-refractivity contribution in [2.75, 3.05) is 40.9 Å². The number of hydrogen-bond donors (Lipinski definition) is 2. The van der Waals surface area contributed by atoms with Gasteiger partial charge in [-0.1, -0.05) is 281 Å². The van der Waals surface area contributed by atoms with E-state index in [1.807, 2.05) is 27.2 Å². The number of hydrogen-bond acceptors (Lipinski definition) is 6. The van der Waals surface area contributed by atoms with Crippen molar-refractivity contribution < 1.29 is 32.9 Å². The molecule has 2 N–H and O–H groups in total. The standard InChI is InChI=1S/C63H121N2O6P/c1-6-8-10-12-14-16-18-19-20-21-22-23-24-25-26-27-28-29-30-31-32-33-34-35-36-37-38-39-40-41-42-43-44-45-47-49-51-53-55-57-63(67)64-61(60-71-72(68,69)70-59-58-65(3,4)5)62(66)56-54-52-50-48-46-17-15-13-11-9-7-2/h18-19,21-22,24-25,54,56,61-62,66H,6-17,20,23,26-53,55,57-60H2,1-5H3,(H-,64,67,68,69)/b19-18-,22-21-,25-24-,56-54+. The Kier molecular flexibility index (Phi) is 53.1. The second kappa shape index (κ2) is 54.3. The van der Waals surface area contributed by atoms with E-state index in [1.165, 1.54) is 225 Å². The van der Waals surface area contributed by atoms with Gasteiger partial charge >= 0.3 is 0 Å². The number of quaternary nitrogens is 1. The minimum Gasteiger partial charge on any atom is -0.756 e. The first-order valence-electron chi connectivity index (χ1n) is 31.0. The van der Waals surface area contributed by atoms with Crippen LogP contribution in [0.5, 0.6) is 0 Å². The second-order valence-electron chi connectivity index (χ2n) is 22.4. The van der Waals surface area contributed by atoms with Crippen LogP contribution in [0.3, 0.4) is 0 Å². The fourth-order valence-electron chi connectivity index (χ4n) is 9.16. The monoisotopic (exact) mass is 1030 g/mol. The van der Waals surface area contributed by atoms with Gasteiger partial charge in [-0.25, -0.2) is 0 Å². The van der Waals surface area contributed by atoms with E-state index in [1.54, 1.807) is 6.08 Å². The van der Waals surface area contributed by atoms with E-state index >= 15 is 0 Å². The van der Waals surface area contributed by atoms with Crippen LogP contribution in [-0.2, 0) is 18.4 Å². The first kappa shape index (κ1) is 70.5.